The number of imide groups is 1. The Morgan fingerprint density at radius 3 is 2.42 bits per heavy atom. The van der Waals surface area contributed by atoms with E-state index in [9.17, 15) is 19.2 Å². The fourth-order valence-electron chi connectivity index (χ4n) is 3.48. The van der Waals surface area contributed by atoms with E-state index >= 15 is 0 Å². The average molecular weight is 440 g/mol. The van der Waals surface area contributed by atoms with Gasteiger partial charge in [0.2, 0.25) is 5.91 Å². The van der Waals surface area contributed by atoms with E-state index in [0.717, 1.165) is 21.0 Å². The Kier molecular flexibility index (Phi) is 6.56. The number of aryl methyl sites for hydroxylation is 2. The average Bonchev–Trinajstić information content (AvgIpc) is 2.99. The van der Waals surface area contributed by atoms with Gasteiger partial charge in [-0.25, -0.2) is 9.91 Å². The fourth-order valence-corrected chi connectivity index (χ4v) is 3.67. The van der Waals surface area contributed by atoms with Gasteiger partial charge in [-0.1, -0.05) is 29.8 Å². The van der Waals surface area contributed by atoms with Crippen LogP contribution >= 0.6 is 11.6 Å². The number of rotatable bonds is 4. The minimum absolute atomic E-state index is 0.216. The molecule has 4 amide bonds. The summed E-state index contributed by atoms with van der Waals surface area (Å²) in [5, 5.41) is 1.26. The van der Waals surface area contributed by atoms with Crippen molar-refractivity contribution in [3.05, 3.63) is 76.3 Å². The summed E-state index contributed by atoms with van der Waals surface area (Å²) in [5.74, 6) is -2.27. The van der Waals surface area contributed by atoms with Crippen molar-refractivity contribution in [1.29, 1.82) is 0 Å². The molecule has 2 aromatic rings. The zero-order valence-corrected chi connectivity index (χ0v) is 18.1. The Balaban J connectivity index is 1.92. The minimum Gasteiger partial charge on any atom is -0.274 e. The highest BCUT2D eigenvalue weighted by Gasteiger charge is 2.45. The minimum atomic E-state index is -1.17. The van der Waals surface area contributed by atoms with Crippen LogP contribution in [0.3, 0.4) is 0 Å². The van der Waals surface area contributed by atoms with Gasteiger partial charge in [0, 0.05) is 16.7 Å². The van der Waals surface area contributed by atoms with Gasteiger partial charge < -0.3 is 0 Å². The quantitative estimate of drug-likeness (QED) is 0.449. The van der Waals surface area contributed by atoms with Crippen LogP contribution in [-0.2, 0) is 14.4 Å². The number of hydrazine groups is 1. The summed E-state index contributed by atoms with van der Waals surface area (Å²) >= 11 is 5.94. The standard InChI is InChI=1S/C23H22ClN3O4/c1-4-6-20(28)27(25-22(30)16-7-5-8-17(24)12-16)19-13-21(29)26(23(19)31)18-10-14(2)9-15(3)11-18/h4-12,19H,13H2,1-3H3,(H,25,30)/b6-4+/t19-/m1/s1. The van der Waals surface area contributed by atoms with Gasteiger partial charge in [-0.3, -0.25) is 24.6 Å². The fraction of sp³-hybridized carbons (Fsp3) is 0.217. The predicted molar refractivity (Wildman–Crippen MR) is 117 cm³/mol. The summed E-state index contributed by atoms with van der Waals surface area (Å²) in [6.07, 6.45) is 2.46. The third kappa shape index (κ3) is 4.83. The highest BCUT2D eigenvalue weighted by atomic mass is 35.5. The summed E-state index contributed by atoms with van der Waals surface area (Å²) in [7, 11) is 0. The van der Waals surface area contributed by atoms with Crippen LogP contribution in [0.2, 0.25) is 5.02 Å². The lowest BCUT2D eigenvalue weighted by Crippen LogP contribution is -2.54. The van der Waals surface area contributed by atoms with Crippen LogP contribution in [0.15, 0.2) is 54.6 Å². The van der Waals surface area contributed by atoms with E-state index in [4.69, 9.17) is 11.6 Å². The molecule has 0 saturated carbocycles. The van der Waals surface area contributed by atoms with E-state index in [1.54, 1.807) is 31.2 Å². The molecule has 0 spiro atoms. The second-order valence-electron chi connectivity index (χ2n) is 7.29. The maximum atomic E-state index is 13.2. The number of carbonyl (C=O) groups is 4. The molecule has 1 aliphatic rings. The molecule has 1 N–H and O–H groups in total. The number of carbonyl (C=O) groups excluding carboxylic acids is 4. The maximum absolute atomic E-state index is 13.2. The number of hydrogen-bond donors (Lipinski definition) is 1. The first-order chi connectivity index (χ1) is 14.7. The first-order valence-corrected chi connectivity index (χ1v) is 10.1. The molecule has 1 aliphatic heterocycles. The number of hydrogen-bond acceptors (Lipinski definition) is 4. The summed E-state index contributed by atoms with van der Waals surface area (Å²) in [4.78, 5) is 52.3. The molecule has 1 saturated heterocycles. The molecule has 0 aromatic heterocycles. The molecule has 0 unspecified atom stereocenters. The molecule has 1 atom stereocenters. The van der Waals surface area contributed by atoms with Crippen LogP contribution in [0.4, 0.5) is 5.69 Å². The number of nitrogens with one attached hydrogen (secondary N) is 1. The molecule has 31 heavy (non-hydrogen) atoms. The van der Waals surface area contributed by atoms with Gasteiger partial charge in [-0.15, -0.1) is 0 Å². The molecule has 2 aromatic carbocycles. The van der Waals surface area contributed by atoms with Crippen LogP contribution in [0.5, 0.6) is 0 Å². The largest absolute Gasteiger partial charge is 0.274 e. The molecule has 0 radical (unpaired) electrons. The molecular formula is C23H22ClN3O4. The highest BCUT2D eigenvalue weighted by molar-refractivity contribution is 6.31. The van der Waals surface area contributed by atoms with Crippen LogP contribution in [0.1, 0.15) is 34.8 Å². The smallest absolute Gasteiger partial charge is 0.269 e. The van der Waals surface area contributed by atoms with Crippen LogP contribution in [0.25, 0.3) is 0 Å². The number of allylic oxidation sites excluding steroid dienone is 1. The molecular weight excluding hydrogens is 418 g/mol. The first kappa shape index (κ1) is 22.2. The number of amides is 4. The van der Waals surface area contributed by atoms with Crippen molar-refractivity contribution in [2.24, 2.45) is 0 Å². The monoisotopic (exact) mass is 439 g/mol. The molecule has 0 bridgehead atoms. The van der Waals surface area contributed by atoms with Gasteiger partial charge in [0.25, 0.3) is 17.7 Å². The molecule has 7 nitrogen and oxygen atoms in total. The second kappa shape index (κ2) is 9.14. The first-order valence-electron chi connectivity index (χ1n) is 9.68. The normalized spacial score (nSPS) is 16.1. The topological polar surface area (TPSA) is 86.8 Å². The Morgan fingerprint density at radius 2 is 1.81 bits per heavy atom. The third-order valence-electron chi connectivity index (χ3n) is 4.75. The van der Waals surface area contributed by atoms with E-state index < -0.39 is 29.7 Å². The third-order valence-corrected chi connectivity index (χ3v) is 4.99. The van der Waals surface area contributed by atoms with E-state index in [1.165, 1.54) is 24.3 Å². The lowest BCUT2D eigenvalue weighted by Gasteiger charge is -2.27. The Bertz CT molecular complexity index is 1080. The van der Waals surface area contributed by atoms with Gasteiger partial charge in [0.05, 0.1) is 12.1 Å². The second-order valence-corrected chi connectivity index (χ2v) is 7.73. The number of anilines is 1. The Morgan fingerprint density at radius 1 is 1.13 bits per heavy atom. The lowest BCUT2D eigenvalue weighted by atomic mass is 10.1. The molecule has 3 rings (SSSR count). The van der Waals surface area contributed by atoms with Gasteiger partial charge in [-0.05, 0) is 62.2 Å². The van der Waals surface area contributed by atoms with Crippen molar-refractivity contribution < 1.29 is 19.2 Å². The number of halogens is 1. The van der Waals surface area contributed by atoms with Crippen molar-refractivity contribution in [3.63, 3.8) is 0 Å². The van der Waals surface area contributed by atoms with Crippen molar-refractivity contribution in [2.45, 2.75) is 33.2 Å². The summed E-state index contributed by atoms with van der Waals surface area (Å²) in [6.45, 7) is 5.37. The van der Waals surface area contributed by atoms with Crippen molar-refractivity contribution in [1.82, 2.24) is 10.4 Å². The van der Waals surface area contributed by atoms with Gasteiger partial charge in [0.15, 0.2) is 0 Å². The van der Waals surface area contributed by atoms with Crippen molar-refractivity contribution in [2.75, 3.05) is 4.90 Å². The molecule has 0 aliphatic carbocycles. The predicted octanol–water partition coefficient (Wildman–Crippen LogP) is 3.34. The number of benzene rings is 2. The highest BCUT2D eigenvalue weighted by Crippen LogP contribution is 2.27. The lowest BCUT2D eigenvalue weighted by molar-refractivity contribution is -0.137. The zero-order valence-electron chi connectivity index (χ0n) is 17.4. The number of nitrogens with zero attached hydrogens (tertiary/aromatic N) is 2. The molecule has 1 fully saturated rings. The Labute approximate surface area is 185 Å². The van der Waals surface area contributed by atoms with Gasteiger partial charge in [0.1, 0.15) is 6.04 Å². The van der Waals surface area contributed by atoms with Gasteiger partial charge >= 0.3 is 0 Å². The van der Waals surface area contributed by atoms with Crippen molar-refractivity contribution >= 4 is 40.9 Å². The Hall–Kier alpha value is -3.45. The van der Waals surface area contributed by atoms with E-state index in [0.29, 0.717) is 10.7 Å². The van der Waals surface area contributed by atoms with E-state index in [-0.39, 0.29) is 12.0 Å². The summed E-state index contributed by atoms with van der Waals surface area (Å²) in [6, 6.07) is 10.4. The molecule has 8 heteroatoms. The van der Waals surface area contributed by atoms with E-state index in [2.05, 4.69) is 5.43 Å². The van der Waals surface area contributed by atoms with Crippen LogP contribution in [0, 0.1) is 13.8 Å². The maximum Gasteiger partial charge on any atom is 0.269 e. The molecule has 1 heterocycles. The van der Waals surface area contributed by atoms with Crippen LogP contribution in [-0.4, -0.2) is 34.7 Å². The summed E-state index contributed by atoms with van der Waals surface area (Å²) in [5.41, 5.74) is 4.92. The van der Waals surface area contributed by atoms with E-state index in [1.807, 2.05) is 19.9 Å². The SMILES string of the molecule is C/C=C/C(=O)N(NC(=O)c1cccc(Cl)c1)[C@@H]1CC(=O)N(c2cc(C)cc(C)c2)C1=O. The van der Waals surface area contributed by atoms with Gasteiger partial charge in [-0.2, -0.15) is 0 Å². The molecule has 160 valence electrons. The zero-order chi connectivity index (χ0) is 22.7. The van der Waals surface area contributed by atoms with Crippen molar-refractivity contribution in [3.8, 4) is 0 Å². The summed E-state index contributed by atoms with van der Waals surface area (Å²) < 4.78 is 0. The van der Waals surface area contributed by atoms with Crippen LogP contribution < -0.4 is 10.3 Å².